The van der Waals surface area contributed by atoms with E-state index < -0.39 is 19.0 Å². The van der Waals surface area contributed by atoms with Gasteiger partial charge < -0.3 is 19.8 Å². The number of aryl methyl sites for hydroxylation is 1. The first-order chi connectivity index (χ1) is 14.7. The first-order valence-corrected chi connectivity index (χ1v) is 12.7. The predicted molar refractivity (Wildman–Crippen MR) is 130 cm³/mol. The molecule has 0 aliphatic carbocycles. The minimum atomic E-state index is -3.60. The smallest absolute Gasteiger partial charge is 0.348 e. The number of hydrogen-bond donors (Lipinski definition) is 2. The van der Waals surface area contributed by atoms with Crippen LogP contribution in [0.3, 0.4) is 0 Å². The van der Waals surface area contributed by atoms with Crippen molar-refractivity contribution in [3.05, 3.63) is 35.1 Å². The normalized spacial score (nSPS) is 23.9. The van der Waals surface area contributed by atoms with Gasteiger partial charge in [-0.15, -0.1) is 0 Å². The van der Waals surface area contributed by atoms with Crippen LogP contribution >= 0.6 is 7.52 Å². The molecule has 0 aromatic heterocycles. The third-order valence-corrected chi connectivity index (χ3v) is 7.78. The molecule has 1 aromatic rings. The molecule has 176 valence electrons. The van der Waals surface area contributed by atoms with Crippen molar-refractivity contribution >= 4 is 30.3 Å². The average molecular weight is 462 g/mol. The van der Waals surface area contributed by atoms with Crippen molar-refractivity contribution in [3.63, 3.8) is 0 Å². The van der Waals surface area contributed by atoms with Crippen molar-refractivity contribution in [3.8, 4) is 0 Å². The van der Waals surface area contributed by atoms with E-state index in [1.807, 2.05) is 39.8 Å². The third-order valence-electron chi connectivity index (χ3n) is 5.71. The molecule has 1 amide bonds. The molecule has 0 bridgehead atoms. The molecular formula is C24H36N3O4P. The van der Waals surface area contributed by atoms with Crippen molar-refractivity contribution in [2.75, 3.05) is 18.5 Å². The number of aliphatic hydroxyl groups is 1. The maximum atomic E-state index is 13.7. The Kier molecular flexibility index (Phi) is 6.40. The van der Waals surface area contributed by atoms with Crippen LogP contribution in [0.15, 0.2) is 34.3 Å². The number of amides is 1. The van der Waals surface area contributed by atoms with Gasteiger partial charge in [-0.1, -0.05) is 47.6 Å². The topological polar surface area (TPSA) is 91.2 Å². The summed E-state index contributed by atoms with van der Waals surface area (Å²) in [6.45, 7) is 16.8. The Bertz CT molecular complexity index is 1030. The molecular weight excluding hydrogens is 425 g/mol. The SMILES string of the molecule is CCOP1(=O)N=C(C2=C(O)[C@H](C(C)(C)C)N(CCC(C)(C)C)C2=O)Nc2cc(C)ccc21. The Labute approximate surface area is 191 Å². The lowest BCUT2D eigenvalue weighted by Gasteiger charge is -2.36. The van der Waals surface area contributed by atoms with Crippen molar-refractivity contribution < 1.29 is 19.0 Å². The zero-order chi connectivity index (χ0) is 24.1. The Morgan fingerprint density at radius 3 is 2.44 bits per heavy atom. The quantitative estimate of drug-likeness (QED) is 0.590. The zero-order valence-corrected chi connectivity index (χ0v) is 21.3. The number of nitrogens with one attached hydrogen (secondary N) is 1. The summed E-state index contributed by atoms with van der Waals surface area (Å²) in [6, 6.07) is 4.95. The molecule has 1 unspecified atom stereocenters. The molecule has 0 fully saturated rings. The van der Waals surface area contributed by atoms with Crippen LogP contribution in [0.1, 0.15) is 60.5 Å². The highest BCUT2D eigenvalue weighted by molar-refractivity contribution is 7.66. The predicted octanol–water partition coefficient (Wildman–Crippen LogP) is 5.18. The van der Waals surface area contributed by atoms with Crippen LogP contribution in [0.4, 0.5) is 5.69 Å². The minimum absolute atomic E-state index is 0.0306. The Hall–Kier alpha value is -2.11. The van der Waals surface area contributed by atoms with Crippen LogP contribution in [0.5, 0.6) is 0 Å². The zero-order valence-electron chi connectivity index (χ0n) is 20.4. The number of anilines is 1. The molecule has 2 heterocycles. The van der Waals surface area contributed by atoms with Crippen LogP contribution in [-0.4, -0.2) is 40.9 Å². The van der Waals surface area contributed by atoms with Crippen LogP contribution in [0.2, 0.25) is 0 Å². The van der Waals surface area contributed by atoms with Crippen LogP contribution in [0.25, 0.3) is 0 Å². The summed E-state index contributed by atoms with van der Waals surface area (Å²) in [5, 5.41) is 14.9. The number of benzene rings is 1. The van der Waals surface area contributed by atoms with Crippen molar-refractivity contribution in [2.45, 2.75) is 67.9 Å². The standard InChI is InChI=1S/C24H36N3O4P/c1-9-31-32(30)17-11-10-15(2)14-16(17)25-21(26-32)18-19(28)20(24(6,7)8)27(22(18)29)13-12-23(3,4)5/h10-11,14,20,28H,9,12-13H2,1-8H3,(H,25,26,30)/t20-,32?/m1/s1. The molecule has 1 aromatic carbocycles. The van der Waals surface area contributed by atoms with E-state index >= 15 is 0 Å². The van der Waals surface area contributed by atoms with Gasteiger partial charge in [-0.05, 0) is 48.8 Å². The second-order valence-electron chi connectivity index (χ2n) is 10.9. The largest absolute Gasteiger partial charge is 0.509 e. The van der Waals surface area contributed by atoms with E-state index in [1.165, 1.54) is 0 Å². The number of hydrogen-bond acceptors (Lipinski definition) is 5. The molecule has 2 atom stereocenters. The van der Waals surface area contributed by atoms with E-state index in [0.717, 1.165) is 12.0 Å². The van der Waals surface area contributed by atoms with Crippen LogP contribution < -0.4 is 10.6 Å². The molecule has 0 saturated carbocycles. The van der Waals surface area contributed by atoms with Gasteiger partial charge in [0.15, 0.2) is 5.84 Å². The molecule has 8 heteroatoms. The van der Waals surface area contributed by atoms with E-state index in [2.05, 4.69) is 30.9 Å². The van der Waals surface area contributed by atoms with Gasteiger partial charge in [-0.3, -0.25) is 9.36 Å². The van der Waals surface area contributed by atoms with E-state index in [9.17, 15) is 14.5 Å². The highest BCUT2D eigenvalue weighted by Gasteiger charge is 2.48. The number of carbonyl (C=O) groups is 1. The van der Waals surface area contributed by atoms with Gasteiger partial charge in [0.05, 0.1) is 23.6 Å². The monoisotopic (exact) mass is 461 g/mol. The minimum Gasteiger partial charge on any atom is -0.509 e. The Balaban J connectivity index is 2.10. The van der Waals surface area contributed by atoms with Gasteiger partial charge in [0.25, 0.3) is 5.91 Å². The summed E-state index contributed by atoms with van der Waals surface area (Å²) in [4.78, 5) is 15.3. The highest BCUT2D eigenvalue weighted by atomic mass is 31.2. The van der Waals surface area contributed by atoms with Gasteiger partial charge in [-0.2, -0.15) is 4.76 Å². The van der Waals surface area contributed by atoms with Gasteiger partial charge in [-0.25, -0.2) is 0 Å². The second-order valence-corrected chi connectivity index (χ2v) is 12.9. The first kappa shape index (κ1) is 24.5. The van der Waals surface area contributed by atoms with Crippen molar-refractivity contribution in [1.29, 1.82) is 0 Å². The maximum Gasteiger partial charge on any atom is 0.348 e. The number of rotatable bonds is 5. The number of nitrogens with zero attached hydrogens (tertiary/aromatic N) is 2. The fourth-order valence-corrected chi connectivity index (χ4v) is 5.92. The van der Waals surface area contributed by atoms with Crippen LogP contribution in [0, 0.1) is 17.8 Å². The Morgan fingerprint density at radius 2 is 1.88 bits per heavy atom. The number of fused-ring (bicyclic) bond motifs is 1. The van der Waals surface area contributed by atoms with E-state index in [4.69, 9.17) is 4.52 Å². The molecule has 32 heavy (non-hydrogen) atoms. The van der Waals surface area contributed by atoms with Gasteiger partial charge in [0.1, 0.15) is 11.3 Å². The second kappa shape index (κ2) is 8.35. The summed E-state index contributed by atoms with van der Waals surface area (Å²) in [6.07, 6.45) is 0.783. The molecule has 0 spiro atoms. The molecule has 7 nitrogen and oxygen atoms in total. The fourth-order valence-electron chi connectivity index (χ4n) is 4.16. The average Bonchev–Trinajstić information content (AvgIpc) is 2.88. The molecule has 2 aliphatic rings. The maximum absolute atomic E-state index is 13.7. The number of amidine groups is 1. The summed E-state index contributed by atoms with van der Waals surface area (Å²) < 4.78 is 23.7. The number of carbonyl (C=O) groups excluding carboxylic acids is 1. The van der Waals surface area contributed by atoms with E-state index in [0.29, 0.717) is 17.5 Å². The lowest BCUT2D eigenvalue weighted by molar-refractivity contribution is -0.128. The van der Waals surface area contributed by atoms with Crippen molar-refractivity contribution in [2.24, 2.45) is 15.6 Å². The van der Waals surface area contributed by atoms with Crippen molar-refractivity contribution in [1.82, 2.24) is 4.90 Å². The molecule has 3 rings (SSSR count). The van der Waals surface area contributed by atoms with E-state index in [-0.39, 0.29) is 35.1 Å². The molecule has 0 saturated heterocycles. The highest BCUT2D eigenvalue weighted by Crippen LogP contribution is 2.52. The lowest BCUT2D eigenvalue weighted by Crippen LogP contribution is -2.45. The summed E-state index contributed by atoms with van der Waals surface area (Å²) in [7, 11) is -3.60. The lowest BCUT2D eigenvalue weighted by atomic mass is 9.84. The number of aliphatic hydroxyl groups excluding tert-OH is 1. The van der Waals surface area contributed by atoms with Gasteiger partial charge in [0, 0.05) is 6.54 Å². The van der Waals surface area contributed by atoms with E-state index in [1.54, 1.807) is 17.9 Å². The molecule has 2 N–H and O–H groups in total. The van der Waals surface area contributed by atoms with Gasteiger partial charge in [0.2, 0.25) is 0 Å². The molecule has 0 radical (unpaired) electrons. The fraction of sp³-hybridized carbons (Fsp3) is 0.583. The van der Waals surface area contributed by atoms with Crippen LogP contribution in [-0.2, 0) is 13.9 Å². The van der Waals surface area contributed by atoms with Gasteiger partial charge >= 0.3 is 7.52 Å². The summed E-state index contributed by atoms with van der Waals surface area (Å²) >= 11 is 0. The molecule has 2 aliphatic heterocycles. The first-order valence-electron chi connectivity index (χ1n) is 11.2. The summed E-state index contributed by atoms with van der Waals surface area (Å²) in [5.41, 5.74) is 1.26. The summed E-state index contributed by atoms with van der Waals surface area (Å²) in [5.74, 6) is -0.242. The third kappa shape index (κ3) is 4.65. The Morgan fingerprint density at radius 1 is 1.22 bits per heavy atom.